The number of methoxy groups -OCH3 is 1. The van der Waals surface area contributed by atoms with Gasteiger partial charge in [0.25, 0.3) is 5.91 Å². The summed E-state index contributed by atoms with van der Waals surface area (Å²) in [6, 6.07) is 15.4. The number of amides is 1. The van der Waals surface area contributed by atoms with Crippen LogP contribution in [0.5, 0.6) is 5.75 Å². The van der Waals surface area contributed by atoms with Crippen LogP contribution in [-0.2, 0) is 9.53 Å². The van der Waals surface area contributed by atoms with E-state index in [0.717, 1.165) is 16.9 Å². The Morgan fingerprint density at radius 3 is 2.67 bits per heavy atom. The van der Waals surface area contributed by atoms with Gasteiger partial charge in [0.1, 0.15) is 5.75 Å². The van der Waals surface area contributed by atoms with Crippen molar-refractivity contribution in [3.8, 4) is 5.75 Å². The molecule has 2 aromatic carbocycles. The number of aliphatic hydroxyl groups excluding tert-OH is 1. The van der Waals surface area contributed by atoms with Crippen molar-refractivity contribution in [3.63, 3.8) is 0 Å². The summed E-state index contributed by atoms with van der Waals surface area (Å²) in [4.78, 5) is 14.1. The van der Waals surface area contributed by atoms with Crippen molar-refractivity contribution in [2.75, 3.05) is 25.2 Å². The number of para-hydroxylation sites is 2. The van der Waals surface area contributed by atoms with Crippen LogP contribution in [0.4, 0.5) is 11.4 Å². The normalized spacial score (nSPS) is 16.1. The maximum atomic E-state index is 12.4. The summed E-state index contributed by atoms with van der Waals surface area (Å²) in [6.07, 6.45) is 4.56. The lowest BCUT2D eigenvalue weighted by Gasteiger charge is -2.29. The summed E-state index contributed by atoms with van der Waals surface area (Å²) in [6.45, 7) is 2.26. The number of hydrogen-bond acceptors (Lipinski definition) is 4. The molecule has 1 heterocycles. The van der Waals surface area contributed by atoms with Gasteiger partial charge in [0.2, 0.25) is 0 Å². The number of nitrogens with zero attached hydrogens (tertiary/aromatic N) is 1. The highest BCUT2D eigenvalue weighted by Crippen LogP contribution is 2.37. The van der Waals surface area contributed by atoms with Gasteiger partial charge in [0.15, 0.2) is 6.61 Å². The minimum absolute atomic E-state index is 0.0339. The molecule has 0 saturated carbocycles. The first-order valence-electron chi connectivity index (χ1n) is 9.10. The molecule has 0 aromatic heterocycles. The SMILES string of the molecule is CO[C@@H](c1ccc(N2C(=O)COc3ccccc32)cc1)[C@@H](C)/C=C/CCO. The molecule has 1 aliphatic rings. The molecule has 5 heteroatoms. The number of fused-ring (bicyclic) bond motifs is 1. The summed E-state index contributed by atoms with van der Waals surface area (Å²) in [5.74, 6) is 0.779. The molecule has 0 radical (unpaired) electrons. The number of ether oxygens (including phenoxy) is 2. The lowest BCUT2D eigenvalue weighted by molar-refractivity contribution is -0.120. The molecule has 2 atom stereocenters. The molecule has 0 aliphatic carbocycles. The molecule has 1 amide bonds. The molecule has 1 aliphatic heterocycles. The van der Waals surface area contributed by atoms with E-state index in [1.54, 1.807) is 12.0 Å². The zero-order valence-corrected chi connectivity index (χ0v) is 15.7. The van der Waals surface area contributed by atoms with E-state index >= 15 is 0 Å². The number of aliphatic hydroxyl groups is 1. The van der Waals surface area contributed by atoms with E-state index < -0.39 is 0 Å². The zero-order chi connectivity index (χ0) is 19.2. The van der Waals surface area contributed by atoms with Gasteiger partial charge in [0.05, 0.1) is 11.8 Å². The van der Waals surface area contributed by atoms with E-state index in [0.29, 0.717) is 12.2 Å². The molecule has 0 saturated heterocycles. The standard InChI is InChI=1S/C22H25NO4/c1-16(7-5-6-14-24)22(26-2)17-10-12-18(13-11-17)23-19-8-3-4-9-20(19)27-15-21(23)25/h3-5,7-13,16,22,24H,6,14-15H2,1-2H3/b7-5+/t16-,22+/m0/s1. The van der Waals surface area contributed by atoms with Crippen LogP contribution in [0.1, 0.15) is 25.0 Å². The predicted molar refractivity (Wildman–Crippen MR) is 105 cm³/mol. The summed E-state index contributed by atoms with van der Waals surface area (Å²) < 4.78 is 11.2. The van der Waals surface area contributed by atoms with E-state index in [4.69, 9.17) is 14.6 Å². The van der Waals surface area contributed by atoms with Gasteiger partial charge in [-0.3, -0.25) is 9.69 Å². The number of rotatable bonds is 7. The number of anilines is 2. The third-order valence-electron chi connectivity index (χ3n) is 4.65. The van der Waals surface area contributed by atoms with Gasteiger partial charge in [-0.05, 0) is 36.2 Å². The molecule has 142 valence electrons. The van der Waals surface area contributed by atoms with Crippen LogP contribution >= 0.6 is 0 Å². The Balaban J connectivity index is 1.84. The van der Waals surface area contributed by atoms with E-state index in [-0.39, 0.29) is 31.1 Å². The van der Waals surface area contributed by atoms with Crippen LogP contribution in [0.25, 0.3) is 0 Å². The minimum atomic E-state index is -0.0957. The van der Waals surface area contributed by atoms with Crippen molar-refractivity contribution in [2.45, 2.75) is 19.4 Å². The van der Waals surface area contributed by atoms with Crippen LogP contribution < -0.4 is 9.64 Å². The van der Waals surface area contributed by atoms with Crippen molar-refractivity contribution >= 4 is 17.3 Å². The van der Waals surface area contributed by atoms with E-state index in [9.17, 15) is 4.79 Å². The molecule has 0 bridgehead atoms. The van der Waals surface area contributed by atoms with E-state index in [1.165, 1.54) is 0 Å². The highest BCUT2D eigenvalue weighted by molar-refractivity contribution is 6.04. The average Bonchev–Trinajstić information content (AvgIpc) is 2.69. The molecule has 5 nitrogen and oxygen atoms in total. The van der Waals surface area contributed by atoms with Gasteiger partial charge in [-0.1, -0.05) is 43.3 Å². The summed E-state index contributed by atoms with van der Waals surface area (Å²) in [5, 5.41) is 8.91. The Bertz CT molecular complexity index is 800. The van der Waals surface area contributed by atoms with Crippen LogP contribution in [-0.4, -0.2) is 31.3 Å². The Morgan fingerprint density at radius 1 is 1.22 bits per heavy atom. The maximum absolute atomic E-state index is 12.4. The average molecular weight is 367 g/mol. The molecule has 0 spiro atoms. The Hall–Kier alpha value is -2.63. The fourth-order valence-corrected chi connectivity index (χ4v) is 3.34. The third-order valence-corrected chi connectivity index (χ3v) is 4.65. The Kier molecular flexibility index (Phi) is 6.27. The van der Waals surface area contributed by atoms with Crippen LogP contribution in [0.15, 0.2) is 60.7 Å². The molecular formula is C22H25NO4. The Morgan fingerprint density at radius 2 is 1.96 bits per heavy atom. The van der Waals surface area contributed by atoms with Crippen LogP contribution in [0, 0.1) is 5.92 Å². The largest absolute Gasteiger partial charge is 0.482 e. The van der Waals surface area contributed by atoms with Crippen molar-refractivity contribution in [1.82, 2.24) is 0 Å². The number of carbonyl (C=O) groups excluding carboxylic acids is 1. The van der Waals surface area contributed by atoms with Gasteiger partial charge in [-0.15, -0.1) is 0 Å². The van der Waals surface area contributed by atoms with Gasteiger partial charge in [0, 0.05) is 25.3 Å². The molecule has 1 N–H and O–H groups in total. The monoisotopic (exact) mass is 367 g/mol. The highest BCUT2D eigenvalue weighted by atomic mass is 16.5. The van der Waals surface area contributed by atoms with E-state index in [1.807, 2.05) is 54.6 Å². The van der Waals surface area contributed by atoms with Crippen molar-refractivity contribution < 1.29 is 19.4 Å². The van der Waals surface area contributed by atoms with Crippen molar-refractivity contribution in [1.29, 1.82) is 0 Å². The number of benzene rings is 2. The van der Waals surface area contributed by atoms with Gasteiger partial charge in [-0.2, -0.15) is 0 Å². The molecule has 27 heavy (non-hydrogen) atoms. The first kappa shape index (κ1) is 19.1. The number of carbonyl (C=O) groups is 1. The van der Waals surface area contributed by atoms with E-state index in [2.05, 4.69) is 13.0 Å². The van der Waals surface area contributed by atoms with Crippen molar-refractivity contribution in [3.05, 3.63) is 66.2 Å². The van der Waals surface area contributed by atoms with Gasteiger partial charge in [-0.25, -0.2) is 0 Å². The lowest BCUT2D eigenvalue weighted by Crippen LogP contribution is -2.35. The molecule has 3 rings (SSSR count). The summed E-state index contributed by atoms with van der Waals surface area (Å²) in [7, 11) is 1.69. The third kappa shape index (κ3) is 4.21. The second kappa shape index (κ2) is 8.84. The topological polar surface area (TPSA) is 59.0 Å². The van der Waals surface area contributed by atoms with Gasteiger partial charge >= 0.3 is 0 Å². The first-order valence-corrected chi connectivity index (χ1v) is 9.10. The molecular weight excluding hydrogens is 342 g/mol. The quantitative estimate of drug-likeness (QED) is 0.752. The molecule has 0 fully saturated rings. The smallest absolute Gasteiger partial charge is 0.269 e. The zero-order valence-electron chi connectivity index (χ0n) is 15.7. The molecule has 2 aromatic rings. The van der Waals surface area contributed by atoms with Crippen LogP contribution in [0.3, 0.4) is 0 Å². The van der Waals surface area contributed by atoms with Crippen molar-refractivity contribution in [2.24, 2.45) is 5.92 Å². The van der Waals surface area contributed by atoms with Gasteiger partial charge < -0.3 is 14.6 Å². The Labute approximate surface area is 159 Å². The maximum Gasteiger partial charge on any atom is 0.269 e. The minimum Gasteiger partial charge on any atom is -0.482 e. The second-order valence-electron chi connectivity index (χ2n) is 6.53. The fourth-order valence-electron chi connectivity index (χ4n) is 3.34. The summed E-state index contributed by atoms with van der Waals surface area (Å²) >= 11 is 0. The van der Waals surface area contributed by atoms with Crippen LogP contribution in [0.2, 0.25) is 0 Å². The first-order chi connectivity index (χ1) is 13.2. The lowest BCUT2D eigenvalue weighted by atomic mass is 9.96. The fraction of sp³-hybridized carbons (Fsp3) is 0.318. The predicted octanol–water partition coefficient (Wildman–Crippen LogP) is 4.01. The number of hydrogen-bond donors (Lipinski definition) is 1. The highest BCUT2D eigenvalue weighted by Gasteiger charge is 2.27. The summed E-state index contributed by atoms with van der Waals surface area (Å²) in [5.41, 5.74) is 2.60. The molecule has 0 unspecified atom stereocenters. The second-order valence-corrected chi connectivity index (χ2v) is 6.53.